The molecule has 7 heteroatoms. The molecule has 1 amide bonds. The summed E-state index contributed by atoms with van der Waals surface area (Å²) in [6, 6.07) is 11.5. The first-order valence-electron chi connectivity index (χ1n) is 8.50. The Kier molecular flexibility index (Phi) is 4.30. The summed E-state index contributed by atoms with van der Waals surface area (Å²) in [5.41, 5.74) is 3.71. The Labute approximate surface area is 154 Å². The summed E-state index contributed by atoms with van der Waals surface area (Å²) in [6.45, 7) is 3.95. The average molecular weight is 365 g/mol. The van der Waals surface area contributed by atoms with E-state index in [1.165, 1.54) is 0 Å². The van der Waals surface area contributed by atoms with Crippen molar-refractivity contribution in [3.05, 3.63) is 53.7 Å². The number of anilines is 1. The maximum atomic E-state index is 12.9. The van der Waals surface area contributed by atoms with Gasteiger partial charge in [0.2, 0.25) is 5.91 Å². The molecule has 0 saturated carbocycles. The van der Waals surface area contributed by atoms with Crippen molar-refractivity contribution >= 4 is 34.1 Å². The minimum Gasteiger partial charge on any atom is -0.318 e. The van der Waals surface area contributed by atoms with E-state index in [4.69, 9.17) is 0 Å². The average Bonchev–Trinajstić information content (AvgIpc) is 3.38. The zero-order valence-corrected chi connectivity index (χ0v) is 15.4. The van der Waals surface area contributed by atoms with Gasteiger partial charge in [0.05, 0.1) is 27.9 Å². The molecule has 3 aromatic heterocycles. The minimum absolute atomic E-state index is 0.0945. The lowest BCUT2D eigenvalue weighted by atomic mass is 10.2. The molecule has 4 aromatic rings. The highest BCUT2D eigenvalue weighted by molar-refractivity contribution is 7.13. The predicted molar refractivity (Wildman–Crippen MR) is 104 cm³/mol. The van der Waals surface area contributed by atoms with Crippen molar-refractivity contribution in [3.8, 4) is 10.6 Å². The number of para-hydroxylation sites is 2. The Balaban J connectivity index is 1.61. The van der Waals surface area contributed by atoms with Gasteiger partial charge in [0, 0.05) is 5.56 Å². The molecule has 4 rings (SSSR count). The highest BCUT2D eigenvalue weighted by Crippen LogP contribution is 2.30. The SMILES string of the molecule is CC[C@@H](C(=O)Nc1n[nH]c(-c2cccs2)c1C)n1cnc2ccccc21. The van der Waals surface area contributed by atoms with Crippen LogP contribution in [-0.4, -0.2) is 25.7 Å². The Hall–Kier alpha value is -2.93. The van der Waals surface area contributed by atoms with E-state index < -0.39 is 0 Å². The van der Waals surface area contributed by atoms with Crippen LogP contribution in [0.1, 0.15) is 24.9 Å². The summed E-state index contributed by atoms with van der Waals surface area (Å²) in [4.78, 5) is 18.4. The number of benzene rings is 1. The summed E-state index contributed by atoms with van der Waals surface area (Å²) >= 11 is 1.64. The second-order valence-corrected chi connectivity index (χ2v) is 7.05. The van der Waals surface area contributed by atoms with E-state index in [-0.39, 0.29) is 11.9 Å². The largest absolute Gasteiger partial charge is 0.318 e. The fraction of sp³-hybridized carbons (Fsp3) is 0.211. The van der Waals surface area contributed by atoms with Gasteiger partial charge in [-0.25, -0.2) is 4.98 Å². The van der Waals surface area contributed by atoms with Gasteiger partial charge >= 0.3 is 0 Å². The number of thiophene rings is 1. The van der Waals surface area contributed by atoms with Gasteiger partial charge in [0.25, 0.3) is 0 Å². The summed E-state index contributed by atoms with van der Waals surface area (Å²) in [5.74, 6) is 0.476. The number of H-pyrrole nitrogens is 1. The lowest BCUT2D eigenvalue weighted by Crippen LogP contribution is -2.25. The maximum Gasteiger partial charge on any atom is 0.248 e. The molecule has 0 bridgehead atoms. The number of carbonyl (C=O) groups excluding carboxylic acids is 1. The van der Waals surface area contributed by atoms with E-state index in [0.29, 0.717) is 12.2 Å². The number of amides is 1. The van der Waals surface area contributed by atoms with E-state index >= 15 is 0 Å². The van der Waals surface area contributed by atoms with Crippen molar-refractivity contribution in [1.82, 2.24) is 19.7 Å². The molecule has 1 aromatic carbocycles. The molecular weight excluding hydrogens is 346 g/mol. The summed E-state index contributed by atoms with van der Waals surface area (Å²) in [6.07, 6.45) is 2.39. The zero-order valence-electron chi connectivity index (χ0n) is 14.6. The zero-order chi connectivity index (χ0) is 18.1. The van der Waals surface area contributed by atoms with Gasteiger partial charge in [-0.2, -0.15) is 5.10 Å². The molecule has 2 N–H and O–H groups in total. The van der Waals surface area contributed by atoms with Gasteiger partial charge < -0.3 is 9.88 Å². The molecule has 0 unspecified atom stereocenters. The van der Waals surface area contributed by atoms with Gasteiger partial charge in [-0.1, -0.05) is 25.1 Å². The van der Waals surface area contributed by atoms with E-state index in [1.54, 1.807) is 17.7 Å². The number of fused-ring (bicyclic) bond motifs is 1. The molecule has 6 nitrogen and oxygen atoms in total. The van der Waals surface area contributed by atoms with Crippen LogP contribution in [0.3, 0.4) is 0 Å². The van der Waals surface area contributed by atoms with Crippen LogP contribution < -0.4 is 5.32 Å². The van der Waals surface area contributed by atoms with E-state index in [0.717, 1.165) is 27.2 Å². The number of hydrogen-bond donors (Lipinski definition) is 2. The van der Waals surface area contributed by atoms with Crippen LogP contribution in [0.25, 0.3) is 21.6 Å². The molecule has 3 heterocycles. The molecule has 0 aliphatic carbocycles. The van der Waals surface area contributed by atoms with Crippen molar-refractivity contribution < 1.29 is 4.79 Å². The van der Waals surface area contributed by atoms with Gasteiger partial charge in [-0.05, 0) is 36.9 Å². The second-order valence-electron chi connectivity index (χ2n) is 6.10. The summed E-state index contributed by atoms with van der Waals surface area (Å²) in [5, 5.41) is 12.3. The smallest absolute Gasteiger partial charge is 0.248 e. The fourth-order valence-corrected chi connectivity index (χ4v) is 3.89. The summed E-state index contributed by atoms with van der Waals surface area (Å²) in [7, 11) is 0. The molecule has 0 radical (unpaired) electrons. The van der Waals surface area contributed by atoms with Crippen LogP contribution in [0.2, 0.25) is 0 Å². The summed E-state index contributed by atoms with van der Waals surface area (Å²) < 4.78 is 1.92. The van der Waals surface area contributed by atoms with E-state index in [1.807, 2.05) is 60.2 Å². The molecule has 132 valence electrons. The number of nitrogens with one attached hydrogen (secondary N) is 2. The third-order valence-electron chi connectivity index (χ3n) is 4.53. The molecule has 0 aliphatic rings. The van der Waals surface area contributed by atoms with Crippen molar-refractivity contribution in [3.63, 3.8) is 0 Å². The Morgan fingerprint density at radius 2 is 2.15 bits per heavy atom. The lowest BCUT2D eigenvalue weighted by Gasteiger charge is -2.17. The molecule has 0 saturated heterocycles. The van der Waals surface area contributed by atoms with E-state index in [9.17, 15) is 4.79 Å². The normalized spacial score (nSPS) is 12.4. The Morgan fingerprint density at radius 3 is 2.92 bits per heavy atom. The first-order valence-corrected chi connectivity index (χ1v) is 9.38. The number of aromatic amines is 1. The van der Waals surface area contributed by atoms with Gasteiger partial charge in [0.15, 0.2) is 5.82 Å². The maximum absolute atomic E-state index is 12.9. The number of carbonyl (C=O) groups is 1. The molecule has 0 spiro atoms. The van der Waals surface area contributed by atoms with Crippen LogP contribution in [0.5, 0.6) is 0 Å². The van der Waals surface area contributed by atoms with Gasteiger partial charge in [-0.3, -0.25) is 9.89 Å². The predicted octanol–water partition coefficient (Wildman–Crippen LogP) is 4.39. The number of nitrogens with zero attached hydrogens (tertiary/aromatic N) is 3. The first kappa shape index (κ1) is 16.5. The quantitative estimate of drug-likeness (QED) is 0.551. The van der Waals surface area contributed by atoms with Crippen LogP contribution in [0.15, 0.2) is 48.1 Å². The van der Waals surface area contributed by atoms with Crippen molar-refractivity contribution in [2.45, 2.75) is 26.3 Å². The number of imidazole rings is 1. The van der Waals surface area contributed by atoms with Crippen LogP contribution in [0, 0.1) is 6.92 Å². The first-order chi connectivity index (χ1) is 12.7. The fourth-order valence-electron chi connectivity index (χ4n) is 3.12. The lowest BCUT2D eigenvalue weighted by molar-refractivity contribution is -0.119. The van der Waals surface area contributed by atoms with Crippen LogP contribution in [-0.2, 0) is 4.79 Å². The van der Waals surface area contributed by atoms with Crippen LogP contribution in [0.4, 0.5) is 5.82 Å². The highest BCUT2D eigenvalue weighted by atomic mass is 32.1. The van der Waals surface area contributed by atoms with Crippen LogP contribution >= 0.6 is 11.3 Å². The molecule has 0 aliphatic heterocycles. The minimum atomic E-state index is -0.344. The van der Waals surface area contributed by atoms with Crippen molar-refractivity contribution in [2.24, 2.45) is 0 Å². The molecule has 1 atom stereocenters. The van der Waals surface area contributed by atoms with E-state index in [2.05, 4.69) is 20.5 Å². The third-order valence-corrected chi connectivity index (χ3v) is 5.41. The number of rotatable bonds is 5. The highest BCUT2D eigenvalue weighted by Gasteiger charge is 2.22. The molecule has 26 heavy (non-hydrogen) atoms. The monoisotopic (exact) mass is 365 g/mol. The molecular formula is C19H19N5OS. The Morgan fingerprint density at radius 1 is 1.31 bits per heavy atom. The topological polar surface area (TPSA) is 75.6 Å². The third kappa shape index (κ3) is 2.80. The Bertz CT molecular complexity index is 1050. The van der Waals surface area contributed by atoms with Crippen molar-refractivity contribution in [2.75, 3.05) is 5.32 Å². The van der Waals surface area contributed by atoms with Crippen molar-refractivity contribution in [1.29, 1.82) is 0 Å². The van der Waals surface area contributed by atoms with Gasteiger partial charge in [0.1, 0.15) is 6.04 Å². The second kappa shape index (κ2) is 6.76. The molecule has 0 fully saturated rings. The number of aromatic nitrogens is 4. The number of hydrogen-bond acceptors (Lipinski definition) is 4. The van der Waals surface area contributed by atoms with Gasteiger partial charge in [-0.15, -0.1) is 11.3 Å². The standard InChI is InChI=1S/C19H19N5OS/c1-3-14(24-11-20-13-7-4-5-8-15(13)24)19(25)21-18-12(2)17(22-23-18)16-9-6-10-26-16/h4-11,14H,3H2,1-2H3,(H2,21,22,23,25)/t14-/m0/s1.